The van der Waals surface area contributed by atoms with E-state index in [0.717, 1.165) is 34.6 Å². The van der Waals surface area contributed by atoms with Crippen molar-refractivity contribution in [1.29, 1.82) is 0 Å². The van der Waals surface area contributed by atoms with E-state index >= 15 is 0 Å². The average Bonchev–Trinajstić information content (AvgIpc) is 3.37. The maximum absolute atomic E-state index is 12.7. The number of para-hydroxylation sites is 1. The van der Waals surface area contributed by atoms with E-state index in [1.54, 1.807) is 23.3 Å². The van der Waals surface area contributed by atoms with Crippen molar-refractivity contribution >= 4 is 22.8 Å². The zero-order valence-corrected chi connectivity index (χ0v) is 18.5. The molecule has 168 valence electrons. The summed E-state index contributed by atoms with van der Waals surface area (Å²) in [6, 6.07) is 14.9. The number of hydrogen-bond acceptors (Lipinski definition) is 6. The number of pyridine rings is 2. The molecule has 0 saturated carbocycles. The Morgan fingerprint density at radius 1 is 1.09 bits per heavy atom. The van der Waals surface area contributed by atoms with Crippen LogP contribution in [0.15, 0.2) is 67.1 Å². The number of likely N-dealkylation sites (N-methyl/N-ethyl adjacent to an activating group) is 1. The number of amides is 2. The topological polar surface area (TPSA) is 97.2 Å². The minimum atomic E-state index is -0.319. The number of aryl methyl sites for hydroxylation is 1. The van der Waals surface area contributed by atoms with Crippen LogP contribution < -0.4 is 15.4 Å². The van der Waals surface area contributed by atoms with Gasteiger partial charge in [0.15, 0.2) is 0 Å². The number of carbonyl (C=O) groups excluding carboxylic acids is 1. The van der Waals surface area contributed by atoms with Crippen molar-refractivity contribution in [3.05, 3.63) is 72.8 Å². The fraction of sp³-hybridized carbons (Fsp3) is 0.250. The highest BCUT2D eigenvalue weighted by Crippen LogP contribution is 2.21. The molecule has 1 aliphatic rings. The zero-order valence-electron chi connectivity index (χ0n) is 18.5. The van der Waals surface area contributed by atoms with Crippen LogP contribution in [0.3, 0.4) is 0 Å². The van der Waals surface area contributed by atoms with Crippen LogP contribution >= 0.6 is 0 Å². The molecule has 1 aromatic carbocycles. The van der Waals surface area contributed by atoms with Crippen LogP contribution in [0.1, 0.15) is 5.69 Å². The summed E-state index contributed by atoms with van der Waals surface area (Å²) >= 11 is 0. The first-order valence-electron chi connectivity index (χ1n) is 10.8. The molecule has 5 rings (SSSR count). The molecule has 2 amide bonds. The molecule has 0 radical (unpaired) electrons. The molecule has 9 heteroatoms. The Morgan fingerprint density at radius 2 is 1.94 bits per heavy atom. The molecular formula is C24H25N7O2. The molecule has 4 aromatic rings. The molecule has 1 fully saturated rings. The van der Waals surface area contributed by atoms with Gasteiger partial charge in [-0.05, 0) is 44.3 Å². The summed E-state index contributed by atoms with van der Waals surface area (Å²) in [5.41, 5.74) is 2.67. The van der Waals surface area contributed by atoms with Crippen LogP contribution in [0.4, 0.5) is 10.6 Å². The first-order chi connectivity index (χ1) is 16.0. The fourth-order valence-electron chi connectivity index (χ4n) is 4.08. The summed E-state index contributed by atoms with van der Waals surface area (Å²) in [5, 5.41) is 11.2. The summed E-state index contributed by atoms with van der Waals surface area (Å²) in [4.78, 5) is 23.5. The smallest absolute Gasteiger partial charge is 0.320 e. The molecule has 1 aliphatic heterocycles. The lowest BCUT2D eigenvalue weighted by atomic mass is 10.2. The van der Waals surface area contributed by atoms with Gasteiger partial charge in [0.1, 0.15) is 17.7 Å². The van der Waals surface area contributed by atoms with E-state index < -0.39 is 0 Å². The summed E-state index contributed by atoms with van der Waals surface area (Å²) < 4.78 is 7.91. The lowest BCUT2D eigenvalue weighted by Gasteiger charge is -2.21. The quantitative estimate of drug-likeness (QED) is 0.492. The van der Waals surface area contributed by atoms with Gasteiger partial charge in [0.25, 0.3) is 0 Å². The number of carbonyl (C=O) groups is 1. The van der Waals surface area contributed by atoms with Gasteiger partial charge in [-0.25, -0.2) is 14.5 Å². The lowest BCUT2D eigenvalue weighted by Crippen LogP contribution is -2.46. The molecule has 3 aromatic heterocycles. The first kappa shape index (κ1) is 20.9. The molecular weight excluding hydrogens is 418 g/mol. The van der Waals surface area contributed by atoms with Gasteiger partial charge < -0.3 is 15.0 Å². The van der Waals surface area contributed by atoms with E-state index in [2.05, 4.69) is 30.6 Å². The largest absolute Gasteiger partial charge is 0.487 e. The van der Waals surface area contributed by atoms with E-state index in [9.17, 15) is 4.79 Å². The Labute approximate surface area is 191 Å². The minimum Gasteiger partial charge on any atom is -0.487 e. The first-order valence-corrected chi connectivity index (χ1v) is 10.8. The molecule has 2 atom stereocenters. The van der Waals surface area contributed by atoms with Crippen LogP contribution in [-0.2, 0) is 0 Å². The van der Waals surface area contributed by atoms with Gasteiger partial charge in [0.05, 0.1) is 29.6 Å². The minimum absolute atomic E-state index is 0.138. The number of nitrogens with zero attached hydrogens (tertiary/aromatic N) is 5. The van der Waals surface area contributed by atoms with E-state index in [-0.39, 0.29) is 18.2 Å². The molecule has 1 saturated heterocycles. The zero-order chi connectivity index (χ0) is 22.8. The third-order valence-electron chi connectivity index (χ3n) is 5.62. The number of fused-ring (bicyclic) bond motifs is 1. The average molecular weight is 444 g/mol. The molecule has 2 N–H and O–H groups in total. The van der Waals surface area contributed by atoms with E-state index in [0.29, 0.717) is 12.4 Å². The fourth-order valence-corrected chi connectivity index (χ4v) is 4.08. The second-order valence-electron chi connectivity index (χ2n) is 8.24. The Balaban J connectivity index is 1.27. The highest BCUT2D eigenvalue weighted by molar-refractivity contribution is 5.91. The van der Waals surface area contributed by atoms with Crippen molar-refractivity contribution in [2.45, 2.75) is 19.1 Å². The second kappa shape index (κ2) is 8.87. The monoisotopic (exact) mass is 443 g/mol. The highest BCUT2D eigenvalue weighted by atomic mass is 16.5. The van der Waals surface area contributed by atoms with Crippen LogP contribution in [0.5, 0.6) is 5.75 Å². The summed E-state index contributed by atoms with van der Waals surface area (Å²) in [6.45, 7) is 3.37. The highest BCUT2D eigenvalue weighted by Gasteiger charge is 2.33. The molecule has 0 unspecified atom stereocenters. The summed E-state index contributed by atoms with van der Waals surface area (Å²) in [6.07, 6.45) is 5.07. The predicted molar refractivity (Wildman–Crippen MR) is 126 cm³/mol. The van der Waals surface area contributed by atoms with Crippen LogP contribution in [0.2, 0.25) is 0 Å². The maximum atomic E-state index is 12.7. The summed E-state index contributed by atoms with van der Waals surface area (Å²) in [5.74, 6) is 1.25. The van der Waals surface area contributed by atoms with Crippen molar-refractivity contribution in [2.75, 3.05) is 25.5 Å². The van der Waals surface area contributed by atoms with Gasteiger partial charge in [-0.2, -0.15) is 5.10 Å². The van der Waals surface area contributed by atoms with Gasteiger partial charge in [-0.15, -0.1) is 0 Å². The Morgan fingerprint density at radius 3 is 2.76 bits per heavy atom. The van der Waals surface area contributed by atoms with Crippen molar-refractivity contribution < 1.29 is 9.53 Å². The van der Waals surface area contributed by atoms with Gasteiger partial charge in [-0.3, -0.25) is 10.3 Å². The van der Waals surface area contributed by atoms with Gasteiger partial charge in [0, 0.05) is 30.4 Å². The van der Waals surface area contributed by atoms with Crippen LogP contribution in [0, 0.1) is 6.92 Å². The third kappa shape index (κ3) is 4.63. The SMILES string of the molecule is Cc1cc(-n2ncc3cc(NC(=O)N[C@H]4CN(C)C[C@@H]4Oc4ccccc4)ncc32)ccn1. The Bertz CT molecular complexity index is 1270. The van der Waals surface area contributed by atoms with E-state index in [4.69, 9.17) is 4.74 Å². The van der Waals surface area contributed by atoms with E-state index in [1.807, 2.05) is 62.5 Å². The van der Waals surface area contributed by atoms with Crippen LogP contribution in [-0.4, -0.2) is 63.0 Å². The van der Waals surface area contributed by atoms with E-state index in [1.165, 1.54) is 0 Å². The number of anilines is 1. The summed E-state index contributed by atoms with van der Waals surface area (Å²) in [7, 11) is 2.01. The molecule has 4 heterocycles. The molecule has 0 bridgehead atoms. The van der Waals surface area contributed by atoms with Crippen molar-refractivity contribution in [1.82, 2.24) is 30.0 Å². The second-order valence-corrected chi connectivity index (χ2v) is 8.24. The number of aromatic nitrogens is 4. The van der Waals surface area contributed by atoms with Crippen molar-refractivity contribution in [2.24, 2.45) is 0 Å². The number of nitrogens with one attached hydrogen (secondary N) is 2. The van der Waals surface area contributed by atoms with Crippen molar-refractivity contribution in [3.63, 3.8) is 0 Å². The maximum Gasteiger partial charge on any atom is 0.320 e. The molecule has 9 nitrogen and oxygen atoms in total. The number of ether oxygens (including phenoxy) is 1. The predicted octanol–water partition coefficient (Wildman–Crippen LogP) is 3.01. The molecule has 0 spiro atoms. The van der Waals surface area contributed by atoms with Gasteiger partial charge in [0.2, 0.25) is 0 Å². The Kier molecular flexibility index (Phi) is 5.62. The number of benzene rings is 1. The number of rotatable bonds is 5. The number of urea groups is 1. The molecule has 0 aliphatic carbocycles. The normalized spacial score (nSPS) is 18.4. The van der Waals surface area contributed by atoms with Crippen LogP contribution in [0.25, 0.3) is 16.6 Å². The lowest BCUT2D eigenvalue weighted by molar-refractivity contribution is 0.182. The third-order valence-corrected chi connectivity index (χ3v) is 5.62. The Hall–Kier alpha value is -3.98. The molecule has 33 heavy (non-hydrogen) atoms. The van der Waals surface area contributed by atoms with Crippen molar-refractivity contribution in [3.8, 4) is 11.4 Å². The number of hydrogen-bond donors (Lipinski definition) is 2. The number of likely N-dealkylation sites (tertiary alicyclic amines) is 1. The van der Waals surface area contributed by atoms with Gasteiger partial charge in [-0.1, -0.05) is 18.2 Å². The van der Waals surface area contributed by atoms with Gasteiger partial charge >= 0.3 is 6.03 Å². The standard InChI is InChI=1S/C24H25N7O2/c1-16-10-18(8-9-25-16)31-21-13-26-23(11-17(21)12-27-31)29-24(32)28-20-14-30(2)15-22(20)33-19-6-4-3-5-7-19/h3-13,20,22H,14-15H2,1-2H3,(H2,26,28,29,32)/t20-,22-/m0/s1.